The number of para-hydroxylation sites is 3. The van der Waals surface area contributed by atoms with Gasteiger partial charge in [-0.1, -0.05) is 35.9 Å². The molecule has 26 heavy (non-hydrogen) atoms. The van der Waals surface area contributed by atoms with Crippen molar-refractivity contribution in [3.63, 3.8) is 0 Å². The lowest BCUT2D eigenvalue weighted by Crippen LogP contribution is -2.23. The summed E-state index contributed by atoms with van der Waals surface area (Å²) in [6.45, 7) is 0. The fourth-order valence-corrected chi connectivity index (χ4v) is 2.51. The van der Waals surface area contributed by atoms with Crippen LogP contribution >= 0.6 is 11.6 Å². The molecule has 0 amide bonds. The van der Waals surface area contributed by atoms with Gasteiger partial charge >= 0.3 is 0 Å². The highest BCUT2D eigenvalue weighted by Crippen LogP contribution is 2.20. The summed E-state index contributed by atoms with van der Waals surface area (Å²) in [6, 6.07) is 14.2. The van der Waals surface area contributed by atoms with Gasteiger partial charge in [-0.3, -0.25) is 10.2 Å². The van der Waals surface area contributed by atoms with Gasteiger partial charge in [0.2, 0.25) is 6.39 Å². The van der Waals surface area contributed by atoms with E-state index in [0.29, 0.717) is 21.7 Å². The number of aromatic nitrogens is 4. The number of aromatic amines is 1. The van der Waals surface area contributed by atoms with Crippen molar-refractivity contribution in [1.82, 2.24) is 20.2 Å². The summed E-state index contributed by atoms with van der Waals surface area (Å²) in [5.74, 6) is 0.0536. The van der Waals surface area contributed by atoms with Crippen LogP contribution in [0.25, 0.3) is 11.0 Å². The first-order chi connectivity index (χ1) is 12.7. The molecule has 2 aromatic carbocycles. The molecule has 0 aliphatic rings. The standard InChI is InChI=1S/C17H11ClN6O2/c18-10-5-1-2-6-11(10)22-23-15(17-24-19-9-26-17)14-16(25)21-13-8-4-3-7-12(13)20-14/h1-9,22H,(H,21,25)/b23-15-. The molecule has 0 atom stereocenters. The smallest absolute Gasteiger partial charge is 0.276 e. The fraction of sp³-hybridized carbons (Fsp3) is 0. The predicted octanol–water partition coefficient (Wildman–Crippen LogP) is 2.82. The molecule has 0 fully saturated rings. The maximum Gasteiger partial charge on any atom is 0.276 e. The van der Waals surface area contributed by atoms with E-state index in [9.17, 15) is 4.79 Å². The largest absolute Gasteiger partial charge is 0.422 e. The number of halogens is 1. The molecular formula is C17H11ClN6O2. The number of hydrogen-bond donors (Lipinski definition) is 2. The summed E-state index contributed by atoms with van der Waals surface area (Å²) in [5.41, 5.74) is 4.31. The Bertz CT molecular complexity index is 1150. The van der Waals surface area contributed by atoms with Crippen molar-refractivity contribution in [1.29, 1.82) is 0 Å². The lowest BCUT2D eigenvalue weighted by Gasteiger charge is -2.06. The van der Waals surface area contributed by atoms with E-state index in [0.717, 1.165) is 6.39 Å². The Balaban J connectivity index is 1.84. The monoisotopic (exact) mass is 366 g/mol. The maximum atomic E-state index is 12.5. The number of benzene rings is 2. The zero-order valence-corrected chi connectivity index (χ0v) is 13.9. The van der Waals surface area contributed by atoms with Crippen LogP contribution in [0.5, 0.6) is 0 Å². The van der Waals surface area contributed by atoms with Gasteiger partial charge in [0.25, 0.3) is 11.4 Å². The second-order valence-electron chi connectivity index (χ2n) is 5.23. The van der Waals surface area contributed by atoms with Crippen LogP contribution in [0.3, 0.4) is 0 Å². The van der Waals surface area contributed by atoms with E-state index in [1.165, 1.54) is 0 Å². The minimum Gasteiger partial charge on any atom is -0.422 e. The molecule has 0 saturated heterocycles. The second kappa shape index (κ2) is 6.77. The van der Waals surface area contributed by atoms with Crippen LogP contribution in [0.1, 0.15) is 11.6 Å². The second-order valence-corrected chi connectivity index (χ2v) is 5.63. The SMILES string of the molecule is O=c1[nH]c2ccccc2nc1/C(=N/Nc1ccccc1Cl)c1nnco1. The first-order valence-electron chi connectivity index (χ1n) is 7.56. The number of H-pyrrole nitrogens is 1. The van der Waals surface area contributed by atoms with Crippen LogP contribution in [0.15, 0.2) is 69.2 Å². The van der Waals surface area contributed by atoms with Gasteiger partial charge in [0, 0.05) is 0 Å². The topological polar surface area (TPSA) is 109 Å². The number of hydrogen-bond acceptors (Lipinski definition) is 7. The number of hydrazone groups is 1. The molecule has 2 aromatic heterocycles. The van der Waals surface area contributed by atoms with Crippen LogP contribution in [0.4, 0.5) is 5.69 Å². The molecule has 2 heterocycles. The first kappa shape index (κ1) is 16.0. The predicted molar refractivity (Wildman–Crippen MR) is 97.4 cm³/mol. The molecule has 0 radical (unpaired) electrons. The van der Waals surface area contributed by atoms with Crippen molar-refractivity contribution in [3.8, 4) is 0 Å². The van der Waals surface area contributed by atoms with E-state index in [1.54, 1.807) is 36.4 Å². The van der Waals surface area contributed by atoms with Crippen LogP contribution in [-0.4, -0.2) is 25.9 Å². The molecule has 9 heteroatoms. The van der Waals surface area contributed by atoms with Crippen LogP contribution in [0.2, 0.25) is 5.02 Å². The molecule has 0 bridgehead atoms. The number of rotatable bonds is 4. The quantitative estimate of drug-likeness (QED) is 0.424. The molecule has 0 aliphatic carbocycles. The highest BCUT2D eigenvalue weighted by atomic mass is 35.5. The highest BCUT2D eigenvalue weighted by Gasteiger charge is 2.19. The molecule has 2 N–H and O–H groups in total. The third kappa shape index (κ3) is 3.05. The van der Waals surface area contributed by atoms with Crippen molar-refractivity contribution >= 4 is 34.0 Å². The summed E-state index contributed by atoms with van der Waals surface area (Å²) in [7, 11) is 0. The maximum absolute atomic E-state index is 12.5. The Morgan fingerprint density at radius 1 is 1.15 bits per heavy atom. The van der Waals surface area contributed by atoms with Crippen LogP contribution in [0, 0.1) is 0 Å². The lowest BCUT2D eigenvalue weighted by molar-refractivity contribution is 0.543. The number of nitrogens with one attached hydrogen (secondary N) is 2. The molecule has 0 unspecified atom stereocenters. The summed E-state index contributed by atoms with van der Waals surface area (Å²) in [6.07, 6.45) is 1.15. The van der Waals surface area contributed by atoms with E-state index in [-0.39, 0.29) is 17.3 Å². The average Bonchev–Trinajstić information content (AvgIpc) is 3.18. The fourth-order valence-electron chi connectivity index (χ4n) is 2.34. The molecule has 8 nitrogen and oxygen atoms in total. The summed E-state index contributed by atoms with van der Waals surface area (Å²) in [5, 5.41) is 12.2. The van der Waals surface area contributed by atoms with Crippen molar-refractivity contribution in [2.45, 2.75) is 0 Å². The van der Waals surface area contributed by atoms with Crippen molar-refractivity contribution in [2.75, 3.05) is 5.43 Å². The molecule has 0 aliphatic heterocycles. The Kier molecular flexibility index (Phi) is 4.16. The molecule has 0 spiro atoms. The zero-order chi connectivity index (χ0) is 17.9. The van der Waals surface area contributed by atoms with Crippen LogP contribution < -0.4 is 11.0 Å². The number of anilines is 1. The Labute approximate surface area is 151 Å². The summed E-state index contributed by atoms with van der Waals surface area (Å²) < 4.78 is 5.22. The number of nitrogens with zero attached hydrogens (tertiary/aromatic N) is 4. The van der Waals surface area contributed by atoms with E-state index in [4.69, 9.17) is 16.0 Å². The van der Waals surface area contributed by atoms with E-state index in [1.807, 2.05) is 12.1 Å². The summed E-state index contributed by atoms with van der Waals surface area (Å²) in [4.78, 5) is 19.7. The molecular weight excluding hydrogens is 356 g/mol. The van der Waals surface area contributed by atoms with Gasteiger partial charge in [0.15, 0.2) is 11.4 Å². The number of fused-ring (bicyclic) bond motifs is 1. The first-order valence-corrected chi connectivity index (χ1v) is 7.94. The Hall–Kier alpha value is -3.52. The lowest BCUT2D eigenvalue weighted by atomic mass is 10.2. The van der Waals surface area contributed by atoms with Crippen molar-refractivity contribution in [3.05, 3.63) is 81.9 Å². The molecule has 4 rings (SSSR count). The zero-order valence-electron chi connectivity index (χ0n) is 13.2. The third-order valence-electron chi connectivity index (χ3n) is 3.55. The highest BCUT2D eigenvalue weighted by molar-refractivity contribution is 6.33. The minimum atomic E-state index is -0.429. The Morgan fingerprint density at radius 2 is 1.96 bits per heavy atom. The van der Waals surface area contributed by atoms with Gasteiger partial charge in [-0.05, 0) is 24.3 Å². The average molecular weight is 367 g/mol. The Morgan fingerprint density at radius 3 is 2.77 bits per heavy atom. The third-order valence-corrected chi connectivity index (χ3v) is 3.88. The van der Waals surface area contributed by atoms with Crippen LogP contribution in [-0.2, 0) is 0 Å². The van der Waals surface area contributed by atoms with Gasteiger partial charge in [0.1, 0.15) is 0 Å². The minimum absolute atomic E-state index is 0.0486. The van der Waals surface area contributed by atoms with E-state index in [2.05, 4.69) is 30.7 Å². The van der Waals surface area contributed by atoms with Crippen molar-refractivity contribution in [2.24, 2.45) is 5.10 Å². The van der Waals surface area contributed by atoms with Gasteiger partial charge in [-0.15, -0.1) is 10.2 Å². The van der Waals surface area contributed by atoms with E-state index >= 15 is 0 Å². The van der Waals surface area contributed by atoms with E-state index < -0.39 is 5.56 Å². The molecule has 128 valence electrons. The van der Waals surface area contributed by atoms with Gasteiger partial charge in [-0.2, -0.15) is 5.10 Å². The van der Waals surface area contributed by atoms with Crippen molar-refractivity contribution < 1.29 is 4.42 Å². The normalized spacial score (nSPS) is 11.7. The van der Waals surface area contributed by atoms with Gasteiger partial charge in [-0.25, -0.2) is 4.98 Å². The molecule has 0 saturated carbocycles. The summed E-state index contributed by atoms with van der Waals surface area (Å²) >= 11 is 6.12. The van der Waals surface area contributed by atoms with Gasteiger partial charge < -0.3 is 9.40 Å². The van der Waals surface area contributed by atoms with Gasteiger partial charge in [0.05, 0.1) is 21.7 Å². The molecule has 4 aromatic rings.